The van der Waals surface area contributed by atoms with Gasteiger partial charge in [-0.1, -0.05) is 60.2 Å². The smallest absolute Gasteiger partial charge is 0.0888 e. The molecule has 0 atom stereocenters. The normalized spacial score (nSPS) is 11.0. The number of hydrogen-bond acceptors (Lipinski definition) is 3. The maximum absolute atomic E-state index is 6.32. The van der Waals surface area contributed by atoms with Gasteiger partial charge in [0.05, 0.1) is 33.5 Å². The minimum Gasteiger partial charge on any atom is -0.393 e. The topological polar surface area (TPSA) is 56.7 Å². The van der Waals surface area contributed by atoms with E-state index in [0.29, 0.717) is 23.0 Å². The lowest BCUT2D eigenvalue weighted by Crippen LogP contribution is -2.12. The fraction of sp³-hybridized carbons (Fsp3) is 0.0952. The van der Waals surface area contributed by atoms with E-state index in [2.05, 4.69) is 29.2 Å². The van der Waals surface area contributed by atoms with Crippen molar-refractivity contribution < 1.29 is 0 Å². The molecule has 0 saturated heterocycles. The van der Waals surface area contributed by atoms with E-state index in [1.807, 2.05) is 41.1 Å². The summed E-state index contributed by atoms with van der Waals surface area (Å²) < 4.78 is 1.99. The molecule has 4 aromatic rings. The summed E-state index contributed by atoms with van der Waals surface area (Å²) in [7, 11) is 0. The van der Waals surface area contributed by atoms with Gasteiger partial charge in [0, 0.05) is 23.6 Å². The summed E-state index contributed by atoms with van der Waals surface area (Å²) in [6, 6.07) is 20.0. The van der Waals surface area contributed by atoms with Gasteiger partial charge in [0.1, 0.15) is 0 Å². The molecule has 0 aliphatic heterocycles. The van der Waals surface area contributed by atoms with Gasteiger partial charge in [-0.25, -0.2) is 0 Å². The number of fused-ring (bicyclic) bond motifs is 1. The van der Waals surface area contributed by atoms with Crippen molar-refractivity contribution in [3.05, 3.63) is 83.1 Å². The van der Waals surface area contributed by atoms with Crippen molar-refractivity contribution in [2.45, 2.75) is 13.0 Å². The van der Waals surface area contributed by atoms with Gasteiger partial charge < -0.3 is 5.73 Å². The highest BCUT2D eigenvalue weighted by Crippen LogP contribution is 2.30. The van der Waals surface area contributed by atoms with E-state index in [1.165, 1.54) is 5.56 Å². The lowest BCUT2D eigenvalue weighted by atomic mass is 10.1. The predicted octanol–water partition coefficient (Wildman–Crippen LogP) is 4.63. The van der Waals surface area contributed by atoms with Gasteiger partial charge in [-0.2, -0.15) is 5.10 Å². The largest absolute Gasteiger partial charge is 0.393 e. The number of hydrogen-bond donors (Lipinski definition) is 1. The lowest BCUT2D eigenvalue weighted by molar-refractivity contribution is 0.700. The van der Waals surface area contributed by atoms with Gasteiger partial charge in [0.2, 0.25) is 0 Å². The molecule has 0 saturated carbocycles. The van der Waals surface area contributed by atoms with Crippen LogP contribution >= 0.6 is 23.8 Å². The second-order valence-corrected chi connectivity index (χ2v) is 7.23. The van der Waals surface area contributed by atoms with E-state index in [4.69, 9.17) is 34.7 Å². The molecule has 0 amide bonds. The van der Waals surface area contributed by atoms with Crippen molar-refractivity contribution in [2.24, 2.45) is 5.73 Å². The number of pyridine rings is 1. The van der Waals surface area contributed by atoms with Gasteiger partial charge in [0.15, 0.2) is 0 Å². The van der Waals surface area contributed by atoms with Gasteiger partial charge in [-0.3, -0.25) is 9.67 Å². The lowest BCUT2D eigenvalue weighted by Gasteiger charge is -2.06. The Balaban J connectivity index is 1.84. The van der Waals surface area contributed by atoms with Crippen molar-refractivity contribution in [1.29, 1.82) is 0 Å². The van der Waals surface area contributed by atoms with Crippen LogP contribution in [0.5, 0.6) is 0 Å². The highest BCUT2D eigenvalue weighted by molar-refractivity contribution is 7.80. The van der Waals surface area contributed by atoms with Gasteiger partial charge in [-0.05, 0) is 29.8 Å². The zero-order valence-electron chi connectivity index (χ0n) is 14.5. The van der Waals surface area contributed by atoms with Crippen LogP contribution in [0.3, 0.4) is 0 Å². The van der Waals surface area contributed by atoms with E-state index in [-0.39, 0.29) is 0 Å². The number of nitrogens with two attached hydrogens (primary N) is 1. The highest BCUT2D eigenvalue weighted by Gasteiger charge is 2.14. The van der Waals surface area contributed by atoms with Crippen LogP contribution in [-0.4, -0.2) is 19.8 Å². The zero-order valence-corrected chi connectivity index (χ0v) is 16.0. The molecule has 6 heteroatoms. The summed E-state index contributed by atoms with van der Waals surface area (Å²) in [6.07, 6.45) is 2.19. The molecule has 27 heavy (non-hydrogen) atoms. The highest BCUT2D eigenvalue weighted by atomic mass is 35.5. The Labute approximate surface area is 167 Å². The molecule has 0 fully saturated rings. The van der Waals surface area contributed by atoms with Crippen LogP contribution in [0.4, 0.5) is 0 Å². The molecular formula is C21H17ClN4S. The first-order valence-electron chi connectivity index (χ1n) is 8.54. The Morgan fingerprint density at radius 3 is 2.63 bits per heavy atom. The van der Waals surface area contributed by atoms with Crippen LogP contribution in [0.2, 0.25) is 5.02 Å². The second-order valence-electron chi connectivity index (χ2n) is 6.30. The van der Waals surface area contributed by atoms with Crippen molar-refractivity contribution in [3.63, 3.8) is 0 Å². The summed E-state index contributed by atoms with van der Waals surface area (Å²) >= 11 is 11.4. The molecule has 0 radical (unpaired) electrons. The monoisotopic (exact) mass is 392 g/mol. The molecule has 4 rings (SSSR count). The molecule has 4 nitrogen and oxygen atoms in total. The molecule has 2 N–H and O–H groups in total. The van der Waals surface area contributed by atoms with Gasteiger partial charge in [0.25, 0.3) is 0 Å². The number of nitrogens with zero attached hydrogens (tertiary/aromatic N) is 3. The van der Waals surface area contributed by atoms with Crippen molar-refractivity contribution in [3.8, 4) is 11.3 Å². The first-order chi connectivity index (χ1) is 13.1. The molecule has 0 aliphatic carbocycles. The summed E-state index contributed by atoms with van der Waals surface area (Å²) in [5.41, 5.74) is 10.6. The third-order valence-electron chi connectivity index (χ3n) is 4.38. The van der Waals surface area contributed by atoms with E-state index >= 15 is 0 Å². The average molecular weight is 393 g/mol. The van der Waals surface area contributed by atoms with E-state index < -0.39 is 0 Å². The molecular weight excluding hydrogens is 376 g/mol. The summed E-state index contributed by atoms with van der Waals surface area (Å²) in [4.78, 5) is 4.83. The van der Waals surface area contributed by atoms with E-state index in [1.54, 1.807) is 6.20 Å². The fourth-order valence-corrected chi connectivity index (χ4v) is 3.53. The van der Waals surface area contributed by atoms with Crippen LogP contribution in [0.1, 0.15) is 11.3 Å². The molecule has 2 heterocycles. The Hall–Kier alpha value is -2.76. The zero-order chi connectivity index (χ0) is 18.8. The summed E-state index contributed by atoms with van der Waals surface area (Å²) in [6.45, 7) is 0.679. The van der Waals surface area contributed by atoms with Gasteiger partial charge in [-0.15, -0.1) is 0 Å². The van der Waals surface area contributed by atoms with Crippen LogP contribution < -0.4 is 5.73 Å². The second kappa shape index (κ2) is 7.47. The predicted molar refractivity (Wildman–Crippen MR) is 114 cm³/mol. The SMILES string of the molecule is NC(=S)Cc1nn(Cc2ccccc2)c2ccc(-c3ncccc3Cl)cc12. The molecule has 0 aliphatic rings. The standard InChI is InChI=1S/C21H17ClN4S/c22-17-7-4-10-24-21(17)15-8-9-19-16(11-15)18(12-20(23)27)25-26(19)13-14-5-2-1-3-6-14/h1-11H,12-13H2,(H2,23,27). The maximum atomic E-state index is 6.32. The first kappa shape index (κ1) is 17.6. The number of rotatable bonds is 5. The number of aromatic nitrogens is 3. The number of thiocarbonyl (C=S) groups is 1. The van der Waals surface area contributed by atoms with Crippen LogP contribution in [-0.2, 0) is 13.0 Å². The molecule has 0 spiro atoms. The van der Waals surface area contributed by atoms with E-state index in [0.717, 1.165) is 27.9 Å². The summed E-state index contributed by atoms with van der Waals surface area (Å²) in [5.74, 6) is 0. The first-order valence-corrected chi connectivity index (χ1v) is 9.33. The van der Waals surface area contributed by atoms with Crippen molar-refractivity contribution in [1.82, 2.24) is 14.8 Å². The van der Waals surface area contributed by atoms with E-state index in [9.17, 15) is 0 Å². The Bertz CT molecular complexity index is 1120. The minimum atomic E-state index is 0.419. The van der Waals surface area contributed by atoms with Crippen LogP contribution in [0.25, 0.3) is 22.2 Å². The third kappa shape index (κ3) is 3.70. The molecule has 2 aromatic heterocycles. The molecule has 2 aromatic carbocycles. The molecule has 134 valence electrons. The number of benzene rings is 2. The Kier molecular flexibility index (Phi) is 4.88. The maximum Gasteiger partial charge on any atom is 0.0888 e. The average Bonchev–Trinajstić information content (AvgIpc) is 2.99. The summed E-state index contributed by atoms with van der Waals surface area (Å²) in [5, 5.41) is 6.40. The third-order valence-corrected chi connectivity index (χ3v) is 4.83. The quantitative estimate of drug-likeness (QED) is 0.503. The Morgan fingerprint density at radius 2 is 1.89 bits per heavy atom. The van der Waals surface area contributed by atoms with Gasteiger partial charge >= 0.3 is 0 Å². The molecule has 0 bridgehead atoms. The fourth-order valence-electron chi connectivity index (χ4n) is 3.16. The minimum absolute atomic E-state index is 0.419. The van der Waals surface area contributed by atoms with Crippen molar-refractivity contribution in [2.75, 3.05) is 0 Å². The van der Waals surface area contributed by atoms with Crippen molar-refractivity contribution >= 4 is 39.7 Å². The van der Waals surface area contributed by atoms with Crippen LogP contribution in [0.15, 0.2) is 66.9 Å². The number of halogens is 1. The molecule has 0 unspecified atom stereocenters. The Morgan fingerprint density at radius 1 is 1.07 bits per heavy atom. The van der Waals surface area contributed by atoms with Crippen LogP contribution in [0, 0.1) is 0 Å².